The number of nitrogens with zero attached hydrogens (tertiary/aromatic N) is 1. The van der Waals surface area contributed by atoms with Crippen LogP contribution in [-0.4, -0.2) is 48.6 Å². The molecular weight excluding hydrogens is 414 g/mol. The summed E-state index contributed by atoms with van der Waals surface area (Å²) in [6.45, 7) is 1.32. The van der Waals surface area contributed by atoms with Gasteiger partial charge in [-0.2, -0.15) is 0 Å². The molecule has 0 unspecified atom stereocenters. The van der Waals surface area contributed by atoms with Crippen LogP contribution in [0.4, 0.5) is 4.79 Å². The van der Waals surface area contributed by atoms with Crippen LogP contribution in [0, 0.1) is 0 Å². The van der Waals surface area contributed by atoms with E-state index in [4.69, 9.17) is 4.74 Å². The van der Waals surface area contributed by atoms with E-state index in [1.165, 1.54) is 24.8 Å². The van der Waals surface area contributed by atoms with Crippen molar-refractivity contribution in [3.05, 3.63) is 65.7 Å². The van der Waals surface area contributed by atoms with Crippen LogP contribution in [0.25, 0.3) is 0 Å². The molecule has 2 aromatic carbocycles. The number of benzene rings is 2. The molecule has 6 nitrogen and oxygen atoms in total. The van der Waals surface area contributed by atoms with E-state index in [0.29, 0.717) is 19.1 Å². The Labute approximate surface area is 196 Å². The van der Waals surface area contributed by atoms with Crippen molar-refractivity contribution in [1.82, 2.24) is 15.5 Å². The Balaban J connectivity index is 1.20. The third-order valence-electron chi connectivity index (χ3n) is 6.68. The summed E-state index contributed by atoms with van der Waals surface area (Å²) in [5.41, 5.74) is 2.28. The van der Waals surface area contributed by atoms with Gasteiger partial charge in [-0.25, -0.2) is 4.79 Å². The number of hydrogen-bond acceptors (Lipinski definition) is 3. The summed E-state index contributed by atoms with van der Waals surface area (Å²) in [5.74, 6) is 0.750. The molecule has 0 bridgehead atoms. The third kappa shape index (κ3) is 6.98. The maximum Gasteiger partial charge on any atom is 0.315 e. The Kier molecular flexibility index (Phi) is 8.23. The zero-order valence-electron chi connectivity index (χ0n) is 19.3. The molecule has 1 saturated carbocycles. The maximum atomic E-state index is 12.7. The number of piperidine rings is 1. The number of carbonyl (C=O) groups is 2. The first kappa shape index (κ1) is 23.1. The van der Waals surface area contributed by atoms with E-state index in [-0.39, 0.29) is 24.6 Å². The summed E-state index contributed by atoms with van der Waals surface area (Å²) in [6, 6.07) is 18.5. The topological polar surface area (TPSA) is 70.7 Å². The fraction of sp³-hybridized carbons (Fsp3) is 0.481. The standard InChI is InChI=1S/C27H35N3O3/c31-26(20-33-25-14-8-7-11-22(25)19-21-9-3-1-4-10-21)30-17-15-24(16-18-30)29-27(32)28-23-12-5-2-6-13-23/h1,3-4,7-11,14,23-24H,2,5-6,12-13,15-20H2,(H2,28,29,32). The summed E-state index contributed by atoms with van der Waals surface area (Å²) in [7, 11) is 0. The molecule has 176 valence electrons. The molecule has 6 heteroatoms. The highest BCUT2D eigenvalue weighted by molar-refractivity contribution is 5.78. The van der Waals surface area contributed by atoms with E-state index in [1.807, 2.05) is 47.4 Å². The van der Waals surface area contributed by atoms with Crippen LogP contribution < -0.4 is 15.4 Å². The number of likely N-dealkylation sites (tertiary alicyclic amines) is 1. The van der Waals surface area contributed by atoms with Gasteiger partial charge in [0.2, 0.25) is 0 Å². The fourth-order valence-corrected chi connectivity index (χ4v) is 4.77. The first-order valence-electron chi connectivity index (χ1n) is 12.3. The number of rotatable bonds is 7. The van der Waals surface area contributed by atoms with Gasteiger partial charge in [-0.05, 0) is 42.9 Å². The van der Waals surface area contributed by atoms with Crippen LogP contribution in [0.2, 0.25) is 0 Å². The molecular formula is C27H35N3O3. The second kappa shape index (κ2) is 11.7. The minimum Gasteiger partial charge on any atom is -0.483 e. The summed E-state index contributed by atoms with van der Waals surface area (Å²) < 4.78 is 5.93. The molecule has 0 atom stereocenters. The lowest BCUT2D eigenvalue weighted by molar-refractivity contribution is -0.134. The first-order valence-corrected chi connectivity index (χ1v) is 12.3. The van der Waals surface area contributed by atoms with E-state index >= 15 is 0 Å². The highest BCUT2D eigenvalue weighted by atomic mass is 16.5. The maximum absolute atomic E-state index is 12.7. The molecule has 1 aliphatic carbocycles. The summed E-state index contributed by atoms with van der Waals surface area (Å²) >= 11 is 0. The Morgan fingerprint density at radius 2 is 1.45 bits per heavy atom. The van der Waals surface area contributed by atoms with E-state index in [2.05, 4.69) is 22.8 Å². The summed E-state index contributed by atoms with van der Waals surface area (Å²) in [6.07, 6.45) is 8.14. The van der Waals surface area contributed by atoms with Crippen molar-refractivity contribution in [1.29, 1.82) is 0 Å². The lowest BCUT2D eigenvalue weighted by Crippen LogP contribution is -2.51. The van der Waals surface area contributed by atoms with Crippen LogP contribution in [0.1, 0.15) is 56.1 Å². The number of ether oxygens (including phenoxy) is 1. The van der Waals surface area contributed by atoms with Crippen molar-refractivity contribution >= 4 is 11.9 Å². The molecule has 1 saturated heterocycles. The van der Waals surface area contributed by atoms with Crippen molar-refractivity contribution in [2.75, 3.05) is 19.7 Å². The van der Waals surface area contributed by atoms with Crippen molar-refractivity contribution < 1.29 is 14.3 Å². The lowest BCUT2D eigenvalue weighted by Gasteiger charge is -2.33. The fourth-order valence-electron chi connectivity index (χ4n) is 4.77. The third-order valence-corrected chi connectivity index (χ3v) is 6.68. The van der Waals surface area contributed by atoms with E-state index in [9.17, 15) is 9.59 Å². The van der Waals surface area contributed by atoms with E-state index in [1.54, 1.807) is 0 Å². The average molecular weight is 450 g/mol. The van der Waals surface area contributed by atoms with Crippen molar-refractivity contribution in [3.63, 3.8) is 0 Å². The van der Waals surface area contributed by atoms with Gasteiger partial charge in [0.05, 0.1) is 0 Å². The molecule has 0 aromatic heterocycles. The highest BCUT2D eigenvalue weighted by Crippen LogP contribution is 2.22. The molecule has 33 heavy (non-hydrogen) atoms. The second-order valence-electron chi connectivity index (χ2n) is 9.17. The number of carbonyl (C=O) groups excluding carboxylic acids is 2. The number of para-hydroxylation sites is 1. The number of nitrogens with one attached hydrogen (secondary N) is 2. The summed E-state index contributed by atoms with van der Waals surface area (Å²) in [4.78, 5) is 26.9. The molecule has 0 radical (unpaired) electrons. The van der Waals surface area contributed by atoms with Crippen LogP contribution in [0.15, 0.2) is 54.6 Å². The molecule has 3 amide bonds. The van der Waals surface area contributed by atoms with Crippen molar-refractivity contribution in [3.8, 4) is 5.75 Å². The van der Waals surface area contributed by atoms with Gasteiger partial charge in [0.25, 0.3) is 5.91 Å². The van der Waals surface area contributed by atoms with Gasteiger partial charge < -0.3 is 20.3 Å². The molecule has 2 fully saturated rings. The first-order chi connectivity index (χ1) is 16.2. The number of urea groups is 1. The van der Waals surface area contributed by atoms with Gasteiger partial charge >= 0.3 is 6.03 Å². The molecule has 1 aliphatic heterocycles. The van der Waals surface area contributed by atoms with Crippen LogP contribution >= 0.6 is 0 Å². The quantitative estimate of drug-likeness (QED) is 0.663. The normalized spacial score (nSPS) is 17.4. The smallest absolute Gasteiger partial charge is 0.315 e. The Hall–Kier alpha value is -3.02. The van der Waals surface area contributed by atoms with Crippen LogP contribution in [-0.2, 0) is 11.2 Å². The van der Waals surface area contributed by atoms with Crippen LogP contribution in [0.5, 0.6) is 5.75 Å². The van der Waals surface area contributed by atoms with Crippen LogP contribution in [0.3, 0.4) is 0 Å². The Morgan fingerprint density at radius 3 is 2.18 bits per heavy atom. The Bertz CT molecular complexity index is 904. The van der Waals surface area contributed by atoms with E-state index < -0.39 is 0 Å². The van der Waals surface area contributed by atoms with Crippen molar-refractivity contribution in [2.24, 2.45) is 0 Å². The highest BCUT2D eigenvalue weighted by Gasteiger charge is 2.25. The van der Waals surface area contributed by atoms with E-state index in [0.717, 1.165) is 43.4 Å². The number of amides is 3. The molecule has 2 aliphatic rings. The van der Waals surface area contributed by atoms with Gasteiger partial charge in [0.1, 0.15) is 5.75 Å². The average Bonchev–Trinajstić information content (AvgIpc) is 2.85. The van der Waals surface area contributed by atoms with Gasteiger partial charge in [-0.3, -0.25) is 4.79 Å². The monoisotopic (exact) mass is 449 g/mol. The zero-order valence-corrected chi connectivity index (χ0v) is 19.3. The largest absolute Gasteiger partial charge is 0.483 e. The molecule has 0 spiro atoms. The molecule has 2 N–H and O–H groups in total. The van der Waals surface area contributed by atoms with Crippen molar-refractivity contribution in [2.45, 2.75) is 63.5 Å². The predicted molar refractivity (Wildman–Crippen MR) is 129 cm³/mol. The molecule has 4 rings (SSSR count). The van der Waals surface area contributed by atoms with Gasteiger partial charge in [0.15, 0.2) is 6.61 Å². The Morgan fingerprint density at radius 1 is 0.818 bits per heavy atom. The minimum atomic E-state index is -0.0648. The number of hydrogen-bond donors (Lipinski definition) is 2. The second-order valence-corrected chi connectivity index (χ2v) is 9.17. The minimum absolute atomic E-state index is 0.00498. The lowest BCUT2D eigenvalue weighted by atomic mass is 9.96. The summed E-state index contributed by atoms with van der Waals surface area (Å²) in [5, 5.41) is 6.21. The predicted octanol–water partition coefficient (Wildman–Crippen LogP) is 4.28. The van der Waals surface area contributed by atoms with Gasteiger partial charge in [-0.15, -0.1) is 0 Å². The van der Waals surface area contributed by atoms with Gasteiger partial charge in [-0.1, -0.05) is 67.8 Å². The van der Waals surface area contributed by atoms with Gasteiger partial charge in [0, 0.05) is 31.6 Å². The molecule has 1 heterocycles. The SMILES string of the molecule is O=C(NC1CCCCC1)NC1CCN(C(=O)COc2ccccc2Cc2ccccc2)CC1. The zero-order chi connectivity index (χ0) is 22.9. The molecule has 2 aromatic rings.